The second kappa shape index (κ2) is 8.31. The number of nitrogens with zero attached hydrogens (tertiary/aromatic N) is 1. The van der Waals surface area contributed by atoms with Gasteiger partial charge < -0.3 is 5.32 Å². The van der Waals surface area contributed by atoms with Crippen molar-refractivity contribution in [2.45, 2.75) is 37.6 Å². The molecule has 2 fully saturated rings. The summed E-state index contributed by atoms with van der Waals surface area (Å²) in [4.78, 5) is 15.0. The highest BCUT2D eigenvalue weighted by Gasteiger charge is 2.40. The zero-order valence-electron chi connectivity index (χ0n) is 13.8. The average molecular weight is 387 g/mol. The first-order valence-corrected chi connectivity index (χ1v) is 10.5. The Balaban J connectivity index is 1.57. The molecule has 1 saturated carbocycles. The Bertz CT molecular complexity index is 584. The van der Waals surface area contributed by atoms with Crippen molar-refractivity contribution in [1.29, 1.82) is 0 Å². The third kappa shape index (κ3) is 4.40. The van der Waals surface area contributed by atoms with E-state index in [9.17, 15) is 4.79 Å². The van der Waals surface area contributed by atoms with Gasteiger partial charge >= 0.3 is 0 Å². The Morgan fingerprint density at radius 3 is 2.54 bits per heavy atom. The second-order valence-electron chi connectivity index (χ2n) is 6.73. The minimum Gasteiger partial charge on any atom is -0.354 e. The fraction of sp³-hybridized carbons (Fsp3) is 0.611. The smallest absolute Gasteiger partial charge is 0.224 e. The summed E-state index contributed by atoms with van der Waals surface area (Å²) in [6.07, 6.45) is 5.29. The van der Waals surface area contributed by atoms with Crippen LogP contribution in [0.1, 0.15) is 31.2 Å². The highest BCUT2D eigenvalue weighted by molar-refractivity contribution is 7.99. The number of hydrogen-bond acceptors (Lipinski definition) is 3. The number of thioether (sulfide) groups is 1. The second-order valence-corrected chi connectivity index (χ2v) is 8.77. The maximum atomic E-state index is 12.4. The van der Waals surface area contributed by atoms with Crippen LogP contribution in [0.25, 0.3) is 0 Å². The SMILES string of the molecule is O=C(Cc1ccc(Cl)c(Cl)c1)NCC1(N2CCSCC2)CCCC1. The predicted molar refractivity (Wildman–Crippen MR) is 103 cm³/mol. The molecule has 0 radical (unpaired) electrons. The molecule has 24 heavy (non-hydrogen) atoms. The molecule has 0 aromatic heterocycles. The van der Waals surface area contributed by atoms with E-state index in [-0.39, 0.29) is 11.4 Å². The Hall–Kier alpha value is -0.420. The molecule has 1 aromatic carbocycles. The number of halogens is 2. The molecule has 1 amide bonds. The minimum absolute atomic E-state index is 0.0612. The van der Waals surface area contributed by atoms with E-state index in [4.69, 9.17) is 23.2 Å². The van der Waals surface area contributed by atoms with E-state index in [0.29, 0.717) is 16.5 Å². The number of carbonyl (C=O) groups excluding carboxylic acids is 1. The van der Waals surface area contributed by atoms with Crippen molar-refractivity contribution in [2.24, 2.45) is 0 Å². The van der Waals surface area contributed by atoms with Crippen molar-refractivity contribution in [3.8, 4) is 0 Å². The summed E-state index contributed by atoms with van der Waals surface area (Å²) in [5.74, 6) is 2.48. The van der Waals surface area contributed by atoms with E-state index in [1.54, 1.807) is 12.1 Å². The van der Waals surface area contributed by atoms with Gasteiger partial charge in [0, 0.05) is 36.7 Å². The third-order valence-corrected chi connectivity index (χ3v) is 6.86. The Morgan fingerprint density at radius 1 is 1.17 bits per heavy atom. The minimum atomic E-state index is 0.0612. The zero-order chi connectivity index (χ0) is 17.0. The van der Waals surface area contributed by atoms with Gasteiger partial charge in [-0.05, 0) is 30.5 Å². The first-order chi connectivity index (χ1) is 11.6. The van der Waals surface area contributed by atoms with Crippen LogP contribution in [0.15, 0.2) is 18.2 Å². The molecule has 6 heteroatoms. The highest BCUT2D eigenvalue weighted by atomic mass is 35.5. The Labute approximate surface area is 158 Å². The maximum absolute atomic E-state index is 12.4. The summed E-state index contributed by atoms with van der Waals surface area (Å²) < 4.78 is 0. The van der Waals surface area contributed by atoms with Crippen LogP contribution in [-0.2, 0) is 11.2 Å². The molecule has 0 bridgehead atoms. The lowest BCUT2D eigenvalue weighted by atomic mass is 9.94. The average Bonchev–Trinajstić information content (AvgIpc) is 3.07. The lowest BCUT2D eigenvalue weighted by molar-refractivity contribution is -0.121. The van der Waals surface area contributed by atoms with Crippen molar-refractivity contribution in [3.05, 3.63) is 33.8 Å². The van der Waals surface area contributed by atoms with Crippen molar-refractivity contribution in [1.82, 2.24) is 10.2 Å². The molecule has 1 heterocycles. The van der Waals surface area contributed by atoms with Crippen LogP contribution in [0, 0.1) is 0 Å². The standard InChI is InChI=1S/C18H24Cl2N2OS/c19-15-4-3-14(11-16(15)20)12-17(23)21-13-18(5-1-2-6-18)22-7-9-24-10-8-22/h3-4,11H,1-2,5-10,12-13H2,(H,21,23). The first kappa shape index (κ1) is 18.4. The Kier molecular flexibility index (Phi) is 6.36. The van der Waals surface area contributed by atoms with E-state index in [1.165, 1.54) is 37.2 Å². The van der Waals surface area contributed by atoms with E-state index in [1.807, 2.05) is 17.8 Å². The normalized spacial score (nSPS) is 20.9. The van der Waals surface area contributed by atoms with Crippen molar-refractivity contribution in [2.75, 3.05) is 31.1 Å². The van der Waals surface area contributed by atoms with Crippen LogP contribution < -0.4 is 5.32 Å². The predicted octanol–water partition coefficient (Wildman–Crippen LogP) is 4.01. The molecule has 1 N–H and O–H groups in total. The lowest BCUT2D eigenvalue weighted by Gasteiger charge is -2.43. The molecule has 2 aliphatic rings. The van der Waals surface area contributed by atoms with Gasteiger partial charge in [0.25, 0.3) is 0 Å². The molecular weight excluding hydrogens is 363 g/mol. The molecular formula is C18H24Cl2N2OS. The van der Waals surface area contributed by atoms with Crippen LogP contribution in [0.5, 0.6) is 0 Å². The van der Waals surface area contributed by atoms with Crippen LogP contribution >= 0.6 is 35.0 Å². The van der Waals surface area contributed by atoms with Gasteiger partial charge in [0.2, 0.25) is 5.91 Å². The maximum Gasteiger partial charge on any atom is 0.224 e. The van der Waals surface area contributed by atoms with E-state index >= 15 is 0 Å². The highest BCUT2D eigenvalue weighted by Crippen LogP contribution is 2.36. The van der Waals surface area contributed by atoms with Crippen molar-refractivity contribution >= 4 is 40.9 Å². The van der Waals surface area contributed by atoms with Gasteiger partial charge in [-0.1, -0.05) is 42.1 Å². The summed E-state index contributed by atoms with van der Waals surface area (Å²) in [6.45, 7) is 3.05. The summed E-state index contributed by atoms with van der Waals surface area (Å²) in [7, 11) is 0. The molecule has 1 aliphatic heterocycles. The number of amides is 1. The molecule has 0 atom stereocenters. The van der Waals surface area contributed by atoms with Crippen LogP contribution in [0.2, 0.25) is 10.0 Å². The van der Waals surface area contributed by atoms with Gasteiger partial charge in [-0.2, -0.15) is 11.8 Å². The quantitative estimate of drug-likeness (QED) is 0.829. The molecule has 3 nitrogen and oxygen atoms in total. The molecule has 132 valence electrons. The van der Waals surface area contributed by atoms with Crippen LogP contribution in [0.3, 0.4) is 0 Å². The topological polar surface area (TPSA) is 32.3 Å². The third-order valence-electron chi connectivity index (χ3n) is 5.18. The van der Waals surface area contributed by atoms with Gasteiger partial charge in [-0.15, -0.1) is 0 Å². The molecule has 3 rings (SSSR count). The fourth-order valence-corrected chi connectivity index (χ4v) is 5.06. The van der Waals surface area contributed by atoms with Crippen LogP contribution in [-0.4, -0.2) is 47.5 Å². The number of nitrogens with one attached hydrogen (secondary N) is 1. The monoisotopic (exact) mass is 386 g/mol. The fourth-order valence-electron chi connectivity index (χ4n) is 3.84. The molecule has 1 saturated heterocycles. The number of benzene rings is 1. The summed E-state index contributed by atoms with van der Waals surface area (Å²) in [5.41, 5.74) is 1.07. The largest absolute Gasteiger partial charge is 0.354 e. The van der Waals surface area contributed by atoms with Crippen molar-refractivity contribution < 1.29 is 4.79 Å². The van der Waals surface area contributed by atoms with Gasteiger partial charge in [0.1, 0.15) is 0 Å². The van der Waals surface area contributed by atoms with E-state index in [2.05, 4.69) is 10.2 Å². The molecule has 0 unspecified atom stereocenters. The van der Waals surface area contributed by atoms with Crippen LogP contribution in [0.4, 0.5) is 0 Å². The van der Waals surface area contributed by atoms with E-state index in [0.717, 1.165) is 25.2 Å². The molecule has 0 spiro atoms. The number of rotatable bonds is 5. The van der Waals surface area contributed by atoms with Gasteiger partial charge in [-0.25, -0.2) is 0 Å². The molecule has 1 aromatic rings. The Morgan fingerprint density at radius 2 is 1.88 bits per heavy atom. The van der Waals surface area contributed by atoms with E-state index < -0.39 is 0 Å². The van der Waals surface area contributed by atoms with Gasteiger partial charge in [0.15, 0.2) is 0 Å². The zero-order valence-corrected chi connectivity index (χ0v) is 16.2. The van der Waals surface area contributed by atoms with Crippen molar-refractivity contribution in [3.63, 3.8) is 0 Å². The van der Waals surface area contributed by atoms with Gasteiger partial charge in [-0.3, -0.25) is 9.69 Å². The molecule has 1 aliphatic carbocycles. The van der Waals surface area contributed by atoms with Gasteiger partial charge in [0.05, 0.1) is 16.5 Å². The number of carbonyl (C=O) groups is 1. The summed E-state index contributed by atoms with van der Waals surface area (Å²) >= 11 is 14.0. The number of hydrogen-bond donors (Lipinski definition) is 1. The summed E-state index contributed by atoms with van der Waals surface area (Å²) in [5, 5.41) is 4.20. The first-order valence-electron chi connectivity index (χ1n) is 8.62. The lowest BCUT2D eigenvalue weighted by Crippen LogP contribution is -2.56. The summed E-state index contributed by atoms with van der Waals surface area (Å²) in [6, 6.07) is 5.38.